The van der Waals surface area contributed by atoms with Gasteiger partial charge in [0.25, 0.3) is 0 Å². The quantitative estimate of drug-likeness (QED) is 0.828. The van der Waals surface area contributed by atoms with Crippen LogP contribution in [-0.2, 0) is 11.3 Å². The van der Waals surface area contributed by atoms with Gasteiger partial charge in [-0.25, -0.2) is 0 Å². The summed E-state index contributed by atoms with van der Waals surface area (Å²) in [5.41, 5.74) is 0.680. The van der Waals surface area contributed by atoms with E-state index in [1.54, 1.807) is 36.4 Å². The van der Waals surface area contributed by atoms with Crippen LogP contribution in [0.1, 0.15) is 12.5 Å². The van der Waals surface area contributed by atoms with Gasteiger partial charge in [0, 0.05) is 13.5 Å². The van der Waals surface area contributed by atoms with Gasteiger partial charge in [0.15, 0.2) is 5.57 Å². The Hall–Kier alpha value is -3.01. The fourth-order valence-electron chi connectivity index (χ4n) is 1.41. The van der Waals surface area contributed by atoms with Gasteiger partial charge >= 0.3 is 0 Å². The third-order valence-corrected chi connectivity index (χ3v) is 2.73. The second-order valence-electron chi connectivity index (χ2n) is 3.93. The number of amides is 1. The lowest BCUT2D eigenvalue weighted by Gasteiger charge is -2.09. The number of hydrogen-bond donors (Lipinski definition) is 2. The monoisotopic (exact) mass is 299 g/mol. The molecule has 0 saturated carbocycles. The smallest absolute Gasteiger partial charge is 0.217 e. The maximum absolute atomic E-state index is 10.8. The zero-order chi connectivity index (χ0) is 15.8. The summed E-state index contributed by atoms with van der Waals surface area (Å²) in [5.74, 6) is -0.157. The molecule has 1 amide bonds. The molecule has 0 unspecified atom stereocenters. The molecule has 21 heavy (non-hydrogen) atoms. The third kappa shape index (κ3) is 4.54. The van der Waals surface area contributed by atoms with E-state index in [9.17, 15) is 4.79 Å². The van der Waals surface area contributed by atoms with Crippen LogP contribution in [0, 0.1) is 34.0 Å². The highest BCUT2D eigenvalue weighted by Crippen LogP contribution is 2.25. The summed E-state index contributed by atoms with van der Waals surface area (Å²) in [4.78, 5) is 10.8. The van der Waals surface area contributed by atoms with Crippen molar-refractivity contribution in [2.24, 2.45) is 0 Å². The van der Waals surface area contributed by atoms with Crippen molar-refractivity contribution in [1.82, 2.24) is 5.32 Å². The van der Waals surface area contributed by atoms with Crippen LogP contribution in [0.5, 0.6) is 0 Å². The van der Waals surface area contributed by atoms with Crippen molar-refractivity contribution in [2.45, 2.75) is 13.5 Å². The van der Waals surface area contributed by atoms with Crippen molar-refractivity contribution in [3.8, 4) is 18.2 Å². The Kier molecular flexibility index (Phi) is 5.77. The Morgan fingerprint density at radius 1 is 1.24 bits per heavy atom. The molecule has 0 aliphatic heterocycles. The Morgan fingerprint density at radius 3 is 2.38 bits per heavy atom. The summed E-state index contributed by atoms with van der Waals surface area (Å²) >= 11 is 6.06. The minimum Gasteiger partial charge on any atom is -0.352 e. The maximum Gasteiger partial charge on any atom is 0.217 e. The summed E-state index contributed by atoms with van der Waals surface area (Å²) in [6.07, 6.45) is 0. The van der Waals surface area contributed by atoms with E-state index >= 15 is 0 Å². The first-order valence-corrected chi connectivity index (χ1v) is 6.14. The van der Waals surface area contributed by atoms with Crippen molar-refractivity contribution in [3.63, 3.8) is 0 Å². The molecule has 0 radical (unpaired) electrons. The molecule has 1 rings (SSSR count). The van der Waals surface area contributed by atoms with E-state index in [4.69, 9.17) is 27.4 Å². The summed E-state index contributed by atoms with van der Waals surface area (Å²) in [6.45, 7) is 1.74. The lowest BCUT2D eigenvalue weighted by Crippen LogP contribution is -2.18. The molecular weight excluding hydrogens is 290 g/mol. The van der Waals surface area contributed by atoms with Gasteiger partial charge in [-0.1, -0.05) is 17.7 Å². The number of hydrogen-bond acceptors (Lipinski definition) is 5. The summed E-state index contributed by atoms with van der Waals surface area (Å²) in [5, 5.41) is 32.0. The molecule has 0 heterocycles. The van der Waals surface area contributed by atoms with Crippen LogP contribution >= 0.6 is 11.6 Å². The first-order valence-electron chi connectivity index (χ1n) is 5.76. The predicted molar refractivity (Wildman–Crippen MR) is 76.5 cm³/mol. The van der Waals surface area contributed by atoms with E-state index in [1.165, 1.54) is 6.92 Å². The molecular formula is C14H10ClN5O. The lowest BCUT2D eigenvalue weighted by atomic mass is 10.2. The molecule has 7 heteroatoms. The summed E-state index contributed by atoms with van der Waals surface area (Å²) in [6, 6.07) is 9.93. The largest absolute Gasteiger partial charge is 0.352 e. The predicted octanol–water partition coefficient (Wildman–Crippen LogP) is 2.21. The number of nitrogens with zero attached hydrogens (tertiary/aromatic N) is 3. The molecule has 104 valence electrons. The van der Waals surface area contributed by atoms with Crippen molar-refractivity contribution in [3.05, 3.63) is 40.1 Å². The zero-order valence-corrected chi connectivity index (χ0v) is 11.8. The van der Waals surface area contributed by atoms with Gasteiger partial charge in [-0.15, -0.1) is 0 Å². The van der Waals surface area contributed by atoms with Crippen molar-refractivity contribution < 1.29 is 4.79 Å². The van der Waals surface area contributed by atoms with Crippen molar-refractivity contribution in [1.29, 1.82) is 15.8 Å². The number of halogens is 1. The highest BCUT2D eigenvalue weighted by Gasteiger charge is 2.09. The molecule has 6 nitrogen and oxygen atoms in total. The molecule has 0 spiro atoms. The fourth-order valence-corrected chi connectivity index (χ4v) is 1.66. The molecule has 0 saturated heterocycles. The molecule has 2 N–H and O–H groups in total. The average Bonchev–Trinajstić information content (AvgIpc) is 2.47. The number of anilines is 1. The van der Waals surface area contributed by atoms with Crippen LogP contribution in [0.4, 0.5) is 5.69 Å². The van der Waals surface area contributed by atoms with Gasteiger partial charge in [0.1, 0.15) is 23.9 Å². The number of benzene rings is 1. The van der Waals surface area contributed by atoms with E-state index in [2.05, 4.69) is 10.6 Å². The van der Waals surface area contributed by atoms with Gasteiger partial charge in [-0.2, -0.15) is 15.8 Å². The van der Waals surface area contributed by atoms with E-state index < -0.39 is 0 Å². The normalized spacial score (nSPS) is 8.71. The first kappa shape index (κ1) is 16.0. The highest BCUT2D eigenvalue weighted by molar-refractivity contribution is 6.33. The van der Waals surface area contributed by atoms with Crippen molar-refractivity contribution >= 4 is 23.2 Å². The van der Waals surface area contributed by atoms with E-state index in [0.717, 1.165) is 5.56 Å². The minimum atomic E-state index is -0.323. The minimum absolute atomic E-state index is 0.157. The fraction of sp³-hybridized carbons (Fsp3) is 0.143. The highest BCUT2D eigenvalue weighted by atomic mass is 35.5. The van der Waals surface area contributed by atoms with Gasteiger partial charge in [-0.3, -0.25) is 4.79 Å². The van der Waals surface area contributed by atoms with Gasteiger partial charge in [0.2, 0.25) is 5.91 Å². The summed E-state index contributed by atoms with van der Waals surface area (Å²) in [7, 11) is 0. The molecule has 0 aromatic heterocycles. The second-order valence-corrected chi connectivity index (χ2v) is 4.34. The van der Waals surface area contributed by atoms with Crippen LogP contribution < -0.4 is 10.6 Å². The van der Waals surface area contributed by atoms with Crippen LogP contribution in [0.25, 0.3) is 0 Å². The molecule has 0 atom stereocenters. The molecule has 0 aliphatic rings. The number of carbonyl (C=O) groups is 1. The molecule has 0 bridgehead atoms. The Labute approximate surface area is 126 Å². The summed E-state index contributed by atoms with van der Waals surface area (Å²) < 4.78 is 0. The average molecular weight is 300 g/mol. The third-order valence-electron chi connectivity index (χ3n) is 2.42. The van der Waals surface area contributed by atoms with Crippen molar-refractivity contribution in [2.75, 3.05) is 5.32 Å². The van der Waals surface area contributed by atoms with Gasteiger partial charge in [0.05, 0.1) is 10.7 Å². The molecule has 0 aliphatic carbocycles. The number of rotatable bonds is 4. The van der Waals surface area contributed by atoms with Crippen LogP contribution in [0.2, 0.25) is 5.02 Å². The van der Waals surface area contributed by atoms with E-state index in [-0.39, 0.29) is 17.2 Å². The molecule has 1 aromatic carbocycles. The standard InChI is InChI=1S/C14H10ClN5O/c1-9(21)19-8-10-2-3-13(12(15)4-10)20-14(7-18)11(5-16)6-17/h2-4,20H,8H2,1H3,(H,19,21). The number of carbonyl (C=O) groups excluding carboxylic acids is 1. The van der Waals surface area contributed by atoms with E-state index in [1.807, 2.05) is 0 Å². The second kappa shape index (κ2) is 7.55. The van der Waals surface area contributed by atoms with Crippen LogP contribution in [-0.4, -0.2) is 5.91 Å². The molecule has 1 aromatic rings. The van der Waals surface area contributed by atoms with Crippen LogP contribution in [0.3, 0.4) is 0 Å². The molecule has 0 fully saturated rings. The number of allylic oxidation sites excluding steroid dienone is 2. The Balaban J connectivity index is 3.00. The number of nitrogens with one attached hydrogen (secondary N) is 2. The van der Waals surface area contributed by atoms with Crippen LogP contribution in [0.15, 0.2) is 29.5 Å². The van der Waals surface area contributed by atoms with E-state index in [0.29, 0.717) is 17.3 Å². The zero-order valence-electron chi connectivity index (χ0n) is 11.1. The SMILES string of the molecule is CC(=O)NCc1ccc(NC(C#N)=C(C#N)C#N)c(Cl)c1. The Bertz CT molecular complexity index is 702. The first-order chi connectivity index (χ1) is 10.0. The van der Waals surface area contributed by atoms with Gasteiger partial charge < -0.3 is 10.6 Å². The van der Waals surface area contributed by atoms with Gasteiger partial charge in [-0.05, 0) is 17.7 Å². The number of nitriles is 3. The maximum atomic E-state index is 10.8. The Morgan fingerprint density at radius 2 is 1.90 bits per heavy atom. The lowest BCUT2D eigenvalue weighted by molar-refractivity contribution is -0.119. The topological polar surface area (TPSA) is 112 Å².